The van der Waals surface area contributed by atoms with Crippen molar-refractivity contribution in [3.63, 3.8) is 0 Å². The molecule has 0 bridgehead atoms. The van der Waals surface area contributed by atoms with Crippen molar-refractivity contribution in [3.8, 4) is 11.7 Å². The second kappa shape index (κ2) is 7.92. The summed E-state index contributed by atoms with van der Waals surface area (Å²) in [5.74, 6) is -0.193. The standard InChI is InChI=1S/C18H18N4O2/c23-17(19-12-11-15-7-3-1-4-8-15)13-24-18-20-14-22(21-18)16-9-5-2-6-10-16/h1-10,14H,11-13H2,(H,19,23). The topological polar surface area (TPSA) is 69.0 Å². The van der Waals surface area contributed by atoms with Crippen LogP contribution in [0.1, 0.15) is 5.56 Å². The Labute approximate surface area is 140 Å². The van der Waals surface area contributed by atoms with E-state index in [1.807, 2.05) is 60.7 Å². The quantitative estimate of drug-likeness (QED) is 0.722. The molecular formula is C18H18N4O2. The van der Waals surface area contributed by atoms with Crippen LogP contribution in [-0.4, -0.2) is 33.8 Å². The smallest absolute Gasteiger partial charge is 0.336 e. The molecule has 0 fully saturated rings. The van der Waals surface area contributed by atoms with Crippen LogP contribution in [-0.2, 0) is 11.2 Å². The van der Waals surface area contributed by atoms with E-state index in [0.29, 0.717) is 6.54 Å². The number of para-hydroxylation sites is 1. The summed E-state index contributed by atoms with van der Waals surface area (Å²) < 4.78 is 6.92. The van der Waals surface area contributed by atoms with E-state index in [0.717, 1.165) is 12.1 Å². The molecule has 1 aromatic heterocycles. The number of nitrogens with zero attached hydrogens (tertiary/aromatic N) is 3. The maximum absolute atomic E-state index is 11.8. The van der Waals surface area contributed by atoms with Gasteiger partial charge in [0.2, 0.25) is 0 Å². The highest BCUT2D eigenvalue weighted by Crippen LogP contribution is 2.08. The fraction of sp³-hybridized carbons (Fsp3) is 0.167. The van der Waals surface area contributed by atoms with Crippen LogP contribution in [0.5, 0.6) is 6.01 Å². The molecule has 0 unspecified atom stereocenters. The zero-order valence-electron chi connectivity index (χ0n) is 13.1. The Morgan fingerprint density at radius 3 is 2.50 bits per heavy atom. The van der Waals surface area contributed by atoms with Crippen LogP contribution in [0.4, 0.5) is 0 Å². The third-order valence-electron chi connectivity index (χ3n) is 3.40. The van der Waals surface area contributed by atoms with Crippen LogP contribution in [0, 0.1) is 0 Å². The van der Waals surface area contributed by atoms with E-state index < -0.39 is 0 Å². The zero-order valence-corrected chi connectivity index (χ0v) is 13.1. The van der Waals surface area contributed by atoms with Gasteiger partial charge in [-0.3, -0.25) is 4.79 Å². The third-order valence-corrected chi connectivity index (χ3v) is 3.40. The van der Waals surface area contributed by atoms with Gasteiger partial charge in [0.1, 0.15) is 6.33 Å². The van der Waals surface area contributed by atoms with Crippen LogP contribution in [0.3, 0.4) is 0 Å². The summed E-state index contributed by atoms with van der Waals surface area (Å²) in [6.45, 7) is 0.464. The van der Waals surface area contributed by atoms with Gasteiger partial charge in [0.05, 0.1) is 5.69 Å². The molecule has 1 heterocycles. The van der Waals surface area contributed by atoms with Gasteiger partial charge in [-0.2, -0.15) is 4.98 Å². The summed E-state index contributed by atoms with van der Waals surface area (Å²) in [4.78, 5) is 15.8. The van der Waals surface area contributed by atoms with Crippen molar-refractivity contribution in [2.75, 3.05) is 13.2 Å². The average molecular weight is 322 g/mol. The van der Waals surface area contributed by atoms with Gasteiger partial charge in [0.25, 0.3) is 5.91 Å². The van der Waals surface area contributed by atoms with Crippen molar-refractivity contribution in [2.24, 2.45) is 0 Å². The molecule has 122 valence electrons. The zero-order chi connectivity index (χ0) is 16.6. The number of hydrogen-bond acceptors (Lipinski definition) is 4. The Morgan fingerprint density at radius 2 is 1.75 bits per heavy atom. The largest absolute Gasteiger partial charge is 0.452 e. The molecule has 0 atom stereocenters. The Morgan fingerprint density at radius 1 is 1.04 bits per heavy atom. The third kappa shape index (κ3) is 4.42. The Kier molecular flexibility index (Phi) is 5.19. The number of amides is 1. The first-order valence-electron chi connectivity index (χ1n) is 7.72. The summed E-state index contributed by atoms with van der Waals surface area (Å²) in [5, 5.41) is 7.00. The summed E-state index contributed by atoms with van der Waals surface area (Å²) in [7, 11) is 0. The molecule has 0 aliphatic carbocycles. The Hall–Kier alpha value is -3.15. The molecule has 0 spiro atoms. The lowest BCUT2D eigenvalue weighted by molar-refractivity contribution is -0.123. The van der Waals surface area contributed by atoms with Gasteiger partial charge < -0.3 is 10.1 Å². The molecule has 0 aliphatic heterocycles. The Bertz CT molecular complexity index is 772. The van der Waals surface area contributed by atoms with Crippen LogP contribution >= 0.6 is 0 Å². The maximum Gasteiger partial charge on any atom is 0.336 e. The molecule has 6 heteroatoms. The van der Waals surface area contributed by atoms with Gasteiger partial charge in [0, 0.05) is 6.54 Å². The number of nitrogens with one attached hydrogen (secondary N) is 1. The number of hydrogen-bond donors (Lipinski definition) is 1. The molecule has 0 radical (unpaired) electrons. The van der Waals surface area contributed by atoms with Crippen molar-refractivity contribution < 1.29 is 9.53 Å². The Balaban J connectivity index is 1.42. The van der Waals surface area contributed by atoms with Crippen molar-refractivity contribution in [2.45, 2.75) is 6.42 Å². The predicted molar refractivity (Wildman–Crippen MR) is 90.0 cm³/mol. The monoisotopic (exact) mass is 322 g/mol. The van der Waals surface area contributed by atoms with Gasteiger partial charge in [-0.1, -0.05) is 48.5 Å². The maximum atomic E-state index is 11.8. The molecular weight excluding hydrogens is 304 g/mol. The first-order chi connectivity index (χ1) is 11.8. The molecule has 0 aliphatic rings. The van der Waals surface area contributed by atoms with Crippen molar-refractivity contribution in [1.82, 2.24) is 20.1 Å². The normalized spacial score (nSPS) is 10.3. The summed E-state index contributed by atoms with van der Waals surface area (Å²) in [6, 6.07) is 19.8. The number of rotatable bonds is 7. The predicted octanol–water partition coefficient (Wildman–Crippen LogP) is 2.00. The minimum absolute atomic E-state index is 0.104. The second-order valence-electron chi connectivity index (χ2n) is 5.18. The number of carbonyl (C=O) groups excluding carboxylic acids is 1. The van der Waals surface area contributed by atoms with Crippen LogP contribution in [0.2, 0.25) is 0 Å². The minimum atomic E-state index is -0.193. The van der Waals surface area contributed by atoms with Gasteiger partial charge in [0.15, 0.2) is 6.61 Å². The summed E-state index contributed by atoms with van der Waals surface area (Å²) in [6.07, 6.45) is 2.34. The lowest BCUT2D eigenvalue weighted by Gasteiger charge is -2.05. The molecule has 24 heavy (non-hydrogen) atoms. The highest BCUT2D eigenvalue weighted by Gasteiger charge is 2.07. The highest BCUT2D eigenvalue weighted by molar-refractivity contribution is 5.77. The average Bonchev–Trinajstić information content (AvgIpc) is 3.11. The molecule has 3 rings (SSSR count). The van der Waals surface area contributed by atoms with E-state index in [-0.39, 0.29) is 18.5 Å². The van der Waals surface area contributed by atoms with Crippen LogP contribution in [0.25, 0.3) is 5.69 Å². The van der Waals surface area contributed by atoms with E-state index in [1.54, 1.807) is 11.0 Å². The number of benzene rings is 2. The number of aromatic nitrogens is 3. The second-order valence-corrected chi connectivity index (χ2v) is 5.18. The highest BCUT2D eigenvalue weighted by atomic mass is 16.5. The molecule has 0 saturated carbocycles. The van der Waals surface area contributed by atoms with Gasteiger partial charge in [-0.15, -0.1) is 5.10 Å². The van der Waals surface area contributed by atoms with Crippen molar-refractivity contribution in [1.29, 1.82) is 0 Å². The SMILES string of the molecule is O=C(COc1ncn(-c2ccccc2)n1)NCCc1ccccc1. The molecule has 1 N–H and O–H groups in total. The molecule has 0 saturated heterocycles. The van der Waals surface area contributed by atoms with Gasteiger partial charge in [-0.05, 0) is 24.1 Å². The van der Waals surface area contributed by atoms with Crippen molar-refractivity contribution in [3.05, 3.63) is 72.6 Å². The van der Waals surface area contributed by atoms with Crippen LogP contribution < -0.4 is 10.1 Å². The molecule has 6 nitrogen and oxygen atoms in total. The lowest BCUT2D eigenvalue weighted by Crippen LogP contribution is -2.30. The van der Waals surface area contributed by atoms with E-state index in [4.69, 9.17) is 4.74 Å². The summed E-state index contributed by atoms with van der Waals surface area (Å²) in [5.41, 5.74) is 2.06. The first-order valence-corrected chi connectivity index (χ1v) is 7.72. The van der Waals surface area contributed by atoms with E-state index in [2.05, 4.69) is 15.4 Å². The van der Waals surface area contributed by atoms with Gasteiger partial charge >= 0.3 is 6.01 Å². The molecule has 2 aromatic carbocycles. The number of ether oxygens (including phenoxy) is 1. The van der Waals surface area contributed by atoms with Gasteiger partial charge in [-0.25, -0.2) is 4.68 Å². The van der Waals surface area contributed by atoms with E-state index in [1.165, 1.54) is 5.56 Å². The lowest BCUT2D eigenvalue weighted by atomic mass is 10.1. The van der Waals surface area contributed by atoms with Crippen molar-refractivity contribution >= 4 is 5.91 Å². The fourth-order valence-electron chi connectivity index (χ4n) is 2.19. The van der Waals surface area contributed by atoms with Crippen LogP contribution in [0.15, 0.2) is 67.0 Å². The minimum Gasteiger partial charge on any atom is -0.452 e. The summed E-state index contributed by atoms with van der Waals surface area (Å²) >= 11 is 0. The molecule has 1 amide bonds. The first kappa shape index (κ1) is 15.7. The van der Waals surface area contributed by atoms with E-state index in [9.17, 15) is 4.79 Å². The molecule has 3 aromatic rings. The fourth-order valence-corrected chi connectivity index (χ4v) is 2.19. The van der Waals surface area contributed by atoms with E-state index >= 15 is 0 Å². The number of carbonyl (C=O) groups is 1.